The summed E-state index contributed by atoms with van der Waals surface area (Å²) < 4.78 is 5.95. The lowest BCUT2D eigenvalue weighted by Crippen LogP contribution is -2.22. The Bertz CT molecular complexity index is 626. The van der Waals surface area contributed by atoms with Crippen molar-refractivity contribution in [1.82, 2.24) is 5.32 Å². The molecule has 0 spiro atoms. The zero-order chi connectivity index (χ0) is 15.4. The van der Waals surface area contributed by atoms with Gasteiger partial charge in [-0.25, -0.2) is 0 Å². The maximum atomic E-state index is 6.28. The molecule has 2 rings (SSSR count). The molecule has 0 aliphatic carbocycles. The van der Waals surface area contributed by atoms with E-state index in [1.54, 1.807) is 0 Å². The predicted molar refractivity (Wildman–Crippen MR) is 89.7 cm³/mol. The maximum Gasteiger partial charge on any atom is 0.150 e. The third-order valence-corrected chi connectivity index (χ3v) is 3.64. The van der Waals surface area contributed by atoms with Crippen molar-refractivity contribution in [3.8, 4) is 11.5 Å². The summed E-state index contributed by atoms with van der Waals surface area (Å²) in [4.78, 5) is 0. The largest absolute Gasteiger partial charge is 0.454 e. The number of hydrogen-bond donors (Lipinski definition) is 1. The molecule has 0 aliphatic heterocycles. The van der Waals surface area contributed by atoms with Crippen LogP contribution in [0.4, 0.5) is 0 Å². The van der Waals surface area contributed by atoms with Crippen LogP contribution < -0.4 is 10.1 Å². The molecular weight excluding hydrogens is 305 g/mol. The van der Waals surface area contributed by atoms with Gasteiger partial charge in [-0.1, -0.05) is 55.2 Å². The fraction of sp³-hybridized carbons (Fsp3) is 0.294. The zero-order valence-electron chi connectivity index (χ0n) is 12.4. The van der Waals surface area contributed by atoms with E-state index in [1.807, 2.05) is 43.3 Å². The predicted octanol–water partition coefficient (Wildman–Crippen LogP) is 5.59. The van der Waals surface area contributed by atoms with Crippen LogP contribution in [0.2, 0.25) is 10.0 Å². The first-order valence-corrected chi connectivity index (χ1v) is 7.67. The molecule has 2 nitrogen and oxygen atoms in total. The minimum absolute atomic E-state index is 0.389. The summed E-state index contributed by atoms with van der Waals surface area (Å²) in [5.41, 5.74) is 2.10. The lowest BCUT2D eigenvalue weighted by atomic mass is 10.2. The Balaban J connectivity index is 2.29. The van der Waals surface area contributed by atoms with E-state index in [1.165, 1.54) is 0 Å². The van der Waals surface area contributed by atoms with Gasteiger partial charge in [0.1, 0.15) is 5.75 Å². The summed E-state index contributed by atoms with van der Waals surface area (Å²) in [5.74, 6) is 1.26. The van der Waals surface area contributed by atoms with E-state index in [2.05, 4.69) is 19.2 Å². The Labute approximate surface area is 136 Å². The van der Waals surface area contributed by atoms with Crippen molar-refractivity contribution in [2.75, 3.05) is 0 Å². The number of rotatable bonds is 5. The SMILES string of the molecule is Cc1ccc(Oc2c(Cl)cccc2CNC(C)C)c(Cl)c1. The summed E-state index contributed by atoms with van der Waals surface area (Å²) >= 11 is 12.5. The van der Waals surface area contributed by atoms with Gasteiger partial charge >= 0.3 is 0 Å². The molecule has 0 atom stereocenters. The second-order valence-electron chi connectivity index (χ2n) is 5.30. The highest BCUT2D eigenvalue weighted by Crippen LogP contribution is 2.36. The number of hydrogen-bond acceptors (Lipinski definition) is 2. The van der Waals surface area contributed by atoms with Gasteiger partial charge in [0.15, 0.2) is 5.75 Å². The monoisotopic (exact) mass is 323 g/mol. The average Bonchev–Trinajstić information content (AvgIpc) is 2.42. The minimum Gasteiger partial charge on any atom is -0.454 e. The van der Waals surface area contributed by atoms with Crippen molar-refractivity contribution < 1.29 is 4.74 Å². The molecule has 21 heavy (non-hydrogen) atoms. The number of aryl methyl sites for hydroxylation is 1. The van der Waals surface area contributed by atoms with Crippen LogP contribution in [-0.4, -0.2) is 6.04 Å². The molecule has 0 amide bonds. The third kappa shape index (κ3) is 4.37. The van der Waals surface area contributed by atoms with Crippen molar-refractivity contribution >= 4 is 23.2 Å². The lowest BCUT2D eigenvalue weighted by Gasteiger charge is -2.15. The molecule has 0 fully saturated rings. The summed E-state index contributed by atoms with van der Waals surface area (Å²) in [7, 11) is 0. The molecule has 0 bridgehead atoms. The normalized spacial score (nSPS) is 11.0. The summed E-state index contributed by atoms with van der Waals surface area (Å²) in [6.07, 6.45) is 0. The molecule has 0 saturated carbocycles. The molecule has 0 aromatic heterocycles. The van der Waals surface area contributed by atoms with Gasteiger partial charge in [0, 0.05) is 18.2 Å². The van der Waals surface area contributed by atoms with Gasteiger partial charge < -0.3 is 10.1 Å². The van der Waals surface area contributed by atoms with E-state index in [0.29, 0.717) is 34.1 Å². The van der Waals surface area contributed by atoms with E-state index in [-0.39, 0.29) is 0 Å². The summed E-state index contributed by atoms with van der Waals surface area (Å²) in [5, 5.41) is 4.53. The molecular formula is C17H19Cl2NO. The molecule has 1 N–H and O–H groups in total. The van der Waals surface area contributed by atoms with Crippen LogP contribution in [0.15, 0.2) is 36.4 Å². The average molecular weight is 324 g/mol. The number of nitrogens with one attached hydrogen (secondary N) is 1. The first-order chi connectivity index (χ1) is 9.97. The molecule has 2 aromatic rings. The topological polar surface area (TPSA) is 21.3 Å². The number of ether oxygens (including phenoxy) is 1. The molecule has 2 aromatic carbocycles. The molecule has 0 unspecified atom stereocenters. The smallest absolute Gasteiger partial charge is 0.150 e. The molecule has 0 aliphatic rings. The van der Waals surface area contributed by atoms with Gasteiger partial charge in [-0.05, 0) is 30.7 Å². The zero-order valence-corrected chi connectivity index (χ0v) is 13.9. The standard InChI is InChI=1S/C17H19Cl2NO/c1-11(2)20-10-13-5-4-6-14(18)17(13)21-16-8-7-12(3)9-15(16)19/h4-9,11,20H,10H2,1-3H3. The fourth-order valence-electron chi connectivity index (χ4n) is 1.92. The van der Waals surface area contributed by atoms with E-state index in [4.69, 9.17) is 27.9 Å². The second kappa shape index (κ2) is 7.17. The quantitative estimate of drug-likeness (QED) is 0.774. The first kappa shape index (κ1) is 16.2. The van der Waals surface area contributed by atoms with Crippen LogP contribution >= 0.6 is 23.2 Å². The van der Waals surface area contributed by atoms with E-state index in [0.717, 1.165) is 11.1 Å². The molecule has 4 heteroatoms. The fourth-order valence-corrected chi connectivity index (χ4v) is 2.43. The molecule has 0 radical (unpaired) electrons. The Morgan fingerprint density at radius 2 is 1.86 bits per heavy atom. The Morgan fingerprint density at radius 1 is 1.10 bits per heavy atom. The summed E-state index contributed by atoms with van der Waals surface area (Å²) in [6.45, 7) is 6.88. The minimum atomic E-state index is 0.389. The van der Waals surface area contributed by atoms with Crippen molar-refractivity contribution in [2.45, 2.75) is 33.4 Å². The lowest BCUT2D eigenvalue weighted by molar-refractivity contribution is 0.470. The number of halogens is 2. The number of benzene rings is 2. The van der Waals surface area contributed by atoms with E-state index < -0.39 is 0 Å². The second-order valence-corrected chi connectivity index (χ2v) is 6.11. The highest BCUT2D eigenvalue weighted by atomic mass is 35.5. The van der Waals surface area contributed by atoms with E-state index >= 15 is 0 Å². The third-order valence-electron chi connectivity index (χ3n) is 3.05. The van der Waals surface area contributed by atoms with Crippen LogP contribution in [0.1, 0.15) is 25.0 Å². The summed E-state index contributed by atoms with van der Waals surface area (Å²) in [6, 6.07) is 11.8. The number of para-hydroxylation sites is 1. The van der Waals surface area contributed by atoms with Crippen LogP contribution in [0.5, 0.6) is 11.5 Å². The van der Waals surface area contributed by atoms with Crippen molar-refractivity contribution in [2.24, 2.45) is 0 Å². The molecule has 0 heterocycles. The Hall–Kier alpha value is -1.22. The van der Waals surface area contributed by atoms with Crippen LogP contribution in [0.25, 0.3) is 0 Å². The van der Waals surface area contributed by atoms with Crippen molar-refractivity contribution in [3.63, 3.8) is 0 Å². The maximum absolute atomic E-state index is 6.28. The Morgan fingerprint density at radius 3 is 2.52 bits per heavy atom. The Kier molecular flexibility index (Phi) is 5.51. The van der Waals surface area contributed by atoms with Crippen LogP contribution in [0.3, 0.4) is 0 Å². The van der Waals surface area contributed by atoms with Gasteiger partial charge in [0.05, 0.1) is 10.0 Å². The van der Waals surface area contributed by atoms with Crippen molar-refractivity contribution in [1.29, 1.82) is 0 Å². The molecule has 0 saturated heterocycles. The highest BCUT2D eigenvalue weighted by molar-refractivity contribution is 6.33. The van der Waals surface area contributed by atoms with Crippen LogP contribution in [-0.2, 0) is 6.54 Å². The van der Waals surface area contributed by atoms with Gasteiger partial charge in [-0.2, -0.15) is 0 Å². The van der Waals surface area contributed by atoms with Crippen molar-refractivity contribution in [3.05, 3.63) is 57.6 Å². The van der Waals surface area contributed by atoms with Gasteiger partial charge in [-0.15, -0.1) is 0 Å². The van der Waals surface area contributed by atoms with Gasteiger partial charge in [0.25, 0.3) is 0 Å². The highest BCUT2D eigenvalue weighted by Gasteiger charge is 2.12. The molecule has 112 valence electrons. The van der Waals surface area contributed by atoms with E-state index in [9.17, 15) is 0 Å². The van der Waals surface area contributed by atoms with Gasteiger partial charge in [-0.3, -0.25) is 0 Å². The first-order valence-electron chi connectivity index (χ1n) is 6.92. The van der Waals surface area contributed by atoms with Gasteiger partial charge in [0.2, 0.25) is 0 Å². The van der Waals surface area contributed by atoms with Crippen LogP contribution in [0, 0.1) is 6.92 Å².